The Bertz CT molecular complexity index is 2040. The van der Waals surface area contributed by atoms with E-state index >= 15 is 0 Å². The summed E-state index contributed by atoms with van der Waals surface area (Å²) in [5.74, 6) is -3.45. The van der Waals surface area contributed by atoms with Crippen molar-refractivity contribution in [1.29, 1.82) is 0 Å². The first-order valence-corrected chi connectivity index (χ1v) is 17.3. The molecule has 0 heterocycles. The van der Waals surface area contributed by atoms with E-state index in [1.54, 1.807) is 30.3 Å². The number of amides is 3. The summed E-state index contributed by atoms with van der Waals surface area (Å²) < 4.78 is 37.2. The van der Waals surface area contributed by atoms with E-state index in [1.165, 1.54) is 7.11 Å². The largest absolute Gasteiger partial charge is 0.495 e. The van der Waals surface area contributed by atoms with Crippen molar-refractivity contribution in [2.75, 3.05) is 23.1 Å². The number of nitrogens with zero attached hydrogens (tertiary/aromatic N) is 1. The van der Waals surface area contributed by atoms with Crippen molar-refractivity contribution in [3.63, 3.8) is 0 Å². The van der Waals surface area contributed by atoms with Crippen molar-refractivity contribution in [1.82, 2.24) is 4.90 Å². The number of para-hydroxylation sites is 1. The molecule has 0 saturated heterocycles. The van der Waals surface area contributed by atoms with Gasteiger partial charge in [-0.25, -0.2) is 9.59 Å². The van der Waals surface area contributed by atoms with Gasteiger partial charge in [0.05, 0.1) is 25.6 Å². The molecule has 0 aliphatic heterocycles. The van der Waals surface area contributed by atoms with E-state index in [2.05, 4.69) is 20.9 Å². The van der Waals surface area contributed by atoms with Gasteiger partial charge in [0.25, 0.3) is 0 Å². The van der Waals surface area contributed by atoms with Gasteiger partial charge in [0.1, 0.15) is 5.75 Å². The van der Waals surface area contributed by atoms with E-state index in [9.17, 15) is 32.7 Å². The summed E-state index contributed by atoms with van der Waals surface area (Å²) in [5.41, 5.74) is 6.42. The summed E-state index contributed by atoms with van der Waals surface area (Å²) in [6.07, 6.45) is -5.08. The van der Waals surface area contributed by atoms with Crippen LogP contribution < -0.4 is 20.7 Å². The average Bonchev–Trinajstić information content (AvgIpc) is 3.16. The zero-order valence-corrected chi connectivity index (χ0v) is 30.5. The molecular formula is C42H41F3N4O7. The van der Waals surface area contributed by atoms with Crippen LogP contribution in [0.15, 0.2) is 127 Å². The van der Waals surface area contributed by atoms with Crippen LogP contribution in [0.2, 0.25) is 0 Å². The second-order valence-corrected chi connectivity index (χ2v) is 12.6. The third-order valence-electron chi connectivity index (χ3n) is 8.36. The Morgan fingerprint density at radius 2 is 1.23 bits per heavy atom. The number of halogens is 3. The number of urea groups is 1. The Morgan fingerprint density at radius 1 is 0.696 bits per heavy atom. The van der Waals surface area contributed by atoms with Crippen molar-refractivity contribution in [2.24, 2.45) is 0 Å². The molecule has 0 saturated carbocycles. The number of hydrogen-bond acceptors (Lipinski definition) is 6. The van der Waals surface area contributed by atoms with Crippen LogP contribution in [0, 0.1) is 6.92 Å². The predicted molar refractivity (Wildman–Crippen MR) is 206 cm³/mol. The lowest BCUT2D eigenvalue weighted by molar-refractivity contribution is -0.192. The molecule has 5 aromatic carbocycles. The molecule has 1 atom stereocenters. The molecule has 0 bridgehead atoms. The number of carbonyl (C=O) groups excluding carboxylic acids is 2. The fraction of sp³-hybridized carbons (Fsp3) is 0.190. The fourth-order valence-electron chi connectivity index (χ4n) is 5.65. The topological polar surface area (TPSA) is 157 Å². The first-order valence-electron chi connectivity index (χ1n) is 17.3. The molecule has 0 spiro atoms. The second kappa shape index (κ2) is 20.1. The van der Waals surface area contributed by atoms with Crippen molar-refractivity contribution in [3.8, 4) is 5.75 Å². The first-order chi connectivity index (χ1) is 26.7. The number of hydrogen-bond donors (Lipinski definition) is 5. The predicted octanol–water partition coefficient (Wildman–Crippen LogP) is 8.68. The van der Waals surface area contributed by atoms with Gasteiger partial charge in [-0.15, -0.1) is 0 Å². The molecule has 56 heavy (non-hydrogen) atoms. The van der Waals surface area contributed by atoms with Crippen LogP contribution in [0.5, 0.6) is 5.75 Å². The third-order valence-corrected chi connectivity index (χ3v) is 8.36. The number of aryl methyl sites for hydroxylation is 1. The number of anilines is 3. The molecule has 0 aliphatic carbocycles. The minimum atomic E-state index is -5.08. The van der Waals surface area contributed by atoms with Gasteiger partial charge in [0.15, 0.2) is 0 Å². The molecule has 1 unspecified atom stereocenters. The van der Waals surface area contributed by atoms with E-state index in [1.807, 2.05) is 104 Å². The maximum atomic E-state index is 13.0. The molecule has 0 aliphatic rings. The molecule has 0 aromatic heterocycles. The Morgan fingerprint density at radius 3 is 1.75 bits per heavy atom. The van der Waals surface area contributed by atoms with Crippen molar-refractivity contribution in [3.05, 3.63) is 155 Å². The quantitative estimate of drug-likeness (QED) is 0.0751. The Kier molecular flexibility index (Phi) is 15.1. The number of alkyl halides is 3. The molecule has 5 rings (SSSR count). The highest BCUT2D eigenvalue weighted by molar-refractivity contribution is 6.01. The average molecular weight is 771 g/mol. The molecule has 3 amide bonds. The first kappa shape index (κ1) is 42.1. The third kappa shape index (κ3) is 13.3. The Labute approximate surface area is 321 Å². The highest BCUT2D eigenvalue weighted by atomic mass is 19.4. The number of methoxy groups -OCH3 is 1. The number of carbonyl (C=O) groups is 4. The van der Waals surface area contributed by atoms with Crippen molar-refractivity contribution >= 4 is 40.9 Å². The van der Waals surface area contributed by atoms with Crippen LogP contribution in [0.3, 0.4) is 0 Å². The van der Waals surface area contributed by atoms with E-state index in [-0.39, 0.29) is 18.7 Å². The molecule has 0 fully saturated rings. The number of aliphatic carboxylic acids is 2. The van der Waals surface area contributed by atoms with Crippen molar-refractivity contribution < 1.29 is 47.3 Å². The van der Waals surface area contributed by atoms with Crippen LogP contribution >= 0.6 is 0 Å². The number of ether oxygens (including phenoxy) is 1. The van der Waals surface area contributed by atoms with E-state index in [0.29, 0.717) is 41.5 Å². The number of carboxylic acid groups (broad SMARTS) is 2. The van der Waals surface area contributed by atoms with E-state index < -0.39 is 30.2 Å². The van der Waals surface area contributed by atoms with Crippen LogP contribution in [0.25, 0.3) is 0 Å². The SMILES string of the molecule is COc1cc(CC(=O)Nc2ccc(C(CC(=O)O)N(Cc3ccccc3)Cc3ccccc3)cc2)ccc1NC(=O)Nc1ccccc1C.O=C(O)C(F)(F)F. The summed E-state index contributed by atoms with van der Waals surface area (Å²) in [5, 5.41) is 25.6. The lowest BCUT2D eigenvalue weighted by atomic mass is 9.99. The van der Waals surface area contributed by atoms with Crippen LogP contribution in [0.1, 0.15) is 40.3 Å². The van der Waals surface area contributed by atoms with Crippen molar-refractivity contribution in [2.45, 2.75) is 45.1 Å². The van der Waals surface area contributed by atoms with Gasteiger partial charge in [-0.05, 0) is 65.1 Å². The monoisotopic (exact) mass is 770 g/mol. The lowest BCUT2D eigenvalue weighted by Gasteiger charge is -2.31. The summed E-state index contributed by atoms with van der Waals surface area (Å²) in [6.45, 7) is 3.05. The number of benzene rings is 5. The molecular weight excluding hydrogens is 729 g/mol. The maximum Gasteiger partial charge on any atom is 0.490 e. The summed E-state index contributed by atoms with van der Waals surface area (Å²) in [4.78, 5) is 48.8. The molecule has 14 heteroatoms. The Balaban J connectivity index is 0.000000908. The Hall–Kier alpha value is -6.67. The highest BCUT2D eigenvalue weighted by Gasteiger charge is 2.38. The molecule has 0 radical (unpaired) electrons. The molecule has 5 N–H and O–H groups in total. The van der Waals surface area contributed by atoms with Gasteiger partial charge in [0.2, 0.25) is 5.91 Å². The highest BCUT2D eigenvalue weighted by Crippen LogP contribution is 2.30. The van der Waals surface area contributed by atoms with Crippen LogP contribution in [0.4, 0.5) is 35.0 Å². The fourth-order valence-corrected chi connectivity index (χ4v) is 5.65. The number of rotatable bonds is 14. The van der Waals surface area contributed by atoms with E-state index in [0.717, 1.165) is 22.3 Å². The summed E-state index contributed by atoms with van der Waals surface area (Å²) >= 11 is 0. The summed E-state index contributed by atoms with van der Waals surface area (Å²) in [7, 11) is 1.50. The minimum absolute atomic E-state index is 0.0778. The van der Waals surface area contributed by atoms with Gasteiger partial charge in [-0.3, -0.25) is 14.5 Å². The zero-order valence-electron chi connectivity index (χ0n) is 30.5. The zero-order chi connectivity index (χ0) is 40.7. The van der Waals surface area contributed by atoms with E-state index in [4.69, 9.17) is 14.6 Å². The minimum Gasteiger partial charge on any atom is -0.495 e. The normalized spacial score (nSPS) is 11.4. The van der Waals surface area contributed by atoms with Gasteiger partial charge in [-0.1, -0.05) is 97.1 Å². The standard InChI is InChI=1S/C40H40N4O5.C2HF3O2/c1-28-11-9-10-16-34(28)42-40(48)43-35-22-17-31(23-37(35)49-2)24-38(45)41-33-20-18-32(19-21-33)36(25-39(46)47)44(26-29-12-5-3-6-13-29)27-30-14-7-4-8-15-30;3-2(4,5)1(6)7/h3-23,36H,24-27H2,1-2H3,(H,41,45)(H,46,47)(H2,42,43,48);(H,6,7). The van der Waals surface area contributed by atoms with Gasteiger partial charge in [-0.2, -0.15) is 13.2 Å². The van der Waals surface area contributed by atoms with Gasteiger partial charge >= 0.3 is 24.1 Å². The van der Waals surface area contributed by atoms with Gasteiger partial charge in [0, 0.05) is 30.5 Å². The van der Waals surface area contributed by atoms with Crippen LogP contribution in [-0.4, -0.2) is 52.3 Å². The lowest BCUT2D eigenvalue weighted by Crippen LogP contribution is -2.30. The van der Waals surface area contributed by atoms with Crippen LogP contribution in [-0.2, 0) is 33.9 Å². The summed E-state index contributed by atoms with van der Waals surface area (Å²) in [6, 6.07) is 39.2. The molecule has 5 aromatic rings. The number of carboxylic acids is 2. The second-order valence-electron chi connectivity index (χ2n) is 12.6. The smallest absolute Gasteiger partial charge is 0.490 e. The maximum absolute atomic E-state index is 13.0. The molecule has 292 valence electrons. The van der Waals surface area contributed by atoms with Gasteiger partial charge < -0.3 is 30.9 Å². The number of nitrogens with one attached hydrogen (secondary N) is 3. The molecule has 11 nitrogen and oxygen atoms in total.